The topological polar surface area (TPSA) is 32.3 Å². The number of nitrogens with one attached hydrogen (secondary N) is 1. The number of hydrogen-bond donors (Lipinski definition) is 1. The van der Waals surface area contributed by atoms with E-state index in [4.69, 9.17) is 0 Å². The van der Waals surface area contributed by atoms with E-state index in [1.165, 1.54) is 43.5 Å². The molecule has 4 rings (SSSR count). The summed E-state index contributed by atoms with van der Waals surface area (Å²) in [5.74, 6) is 0.0273. The van der Waals surface area contributed by atoms with Gasteiger partial charge >= 0.3 is 0 Å². The van der Waals surface area contributed by atoms with Gasteiger partial charge in [-0.3, -0.25) is 4.79 Å². The standard InChI is InChI=1S/C22H25FN2O/c23-17-7-5-16(6-8-17)20-15-21(20)22(26)24-18-9-11-19(12-10-18)25-13-3-1-2-4-14-25/h5-12,20-21H,1-4,13-15H2,(H,24,26). The number of carbonyl (C=O) groups excluding carboxylic acids is 1. The maximum Gasteiger partial charge on any atom is 0.228 e. The summed E-state index contributed by atoms with van der Waals surface area (Å²) in [4.78, 5) is 14.9. The van der Waals surface area contributed by atoms with E-state index in [9.17, 15) is 9.18 Å². The van der Waals surface area contributed by atoms with Gasteiger partial charge < -0.3 is 10.2 Å². The van der Waals surface area contributed by atoms with Crippen molar-refractivity contribution in [3.8, 4) is 0 Å². The molecular formula is C22H25FN2O. The molecule has 1 aliphatic heterocycles. The molecule has 1 saturated heterocycles. The highest BCUT2D eigenvalue weighted by atomic mass is 19.1. The molecule has 0 aromatic heterocycles. The van der Waals surface area contributed by atoms with Gasteiger partial charge in [0.2, 0.25) is 5.91 Å². The smallest absolute Gasteiger partial charge is 0.228 e. The van der Waals surface area contributed by atoms with Crippen LogP contribution in [0.3, 0.4) is 0 Å². The Bertz CT molecular complexity index is 749. The summed E-state index contributed by atoms with van der Waals surface area (Å²) in [5, 5.41) is 3.03. The molecule has 2 aliphatic rings. The molecule has 0 spiro atoms. The highest BCUT2D eigenvalue weighted by molar-refractivity contribution is 5.95. The third-order valence-corrected chi connectivity index (χ3v) is 5.53. The van der Waals surface area contributed by atoms with Crippen LogP contribution in [0.2, 0.25) is 0 Å². The second-order valence-corrected chi connectivity index (χ2v) is 7.44. The Morgan fingerprint density at radius 2 is 1.58 bits per heavy atom. The fourth-order valence-corrected chi connectivity index (χ4v) is 3.88. The molecule has 1 amide bonds. The maximum absolute atomic E-state index is 13.0. The van der Waals surface area contributed by atoms with Gasteiger partial charge in [-0.1, -0.05) is 25.0 Å². The van der Waals surface area contributed by atoms with Crippen molar-refractivity contribution in [2.75, 3.05) is 23.3 Å². The van der Waals surface area contributed by atoms with E-state index >= 15 is 0 Å². The van der Waals surface area contributed by atoms with Crippen LogP contribution in [0.1, 0.15) is 43.6 Å². The number of halogens is 1. The molecule has 0 bridgehead atoms. The number of benzene rings is 2. The van der Waals surface area contributed by atoms with Crippen molar-refractivity contribution in [3.05, 3.63) is 59.9 Å². The molecule has 1 heterocycles. The van der Waals surface area contributed by atoms with Gasteiger partial charge in [0, 0.05) is 30.4 Å². The molecule has 2 aromatic carbocycles. The summed E-state index contributed by atoms with van der Waals surface area (Å²) in [6.07, 6.45) is 5.99. The second-order valence-electron chi connectivity index (χ2n) is 7.44. The van der Waals surface area contributed by atoms with Crippen molar-refractivity contribution in [1.82, 2.24) is 0 Å². The van der Waals surface area contributed by atoms with Gasteiger partial charge in [0.05, 0.1) is 0 Å². The van der Waals surface area contributed by atoms with E-state index in [-0.39, 0.29) is 23.6 Å². The normalized spacial score (nSPS) is 22.6. The molecule has 2 aromatic rings. The van der Waals surface area contributed by atoms with Crippen LogP contribution in [0.15, 0.2) is 48.5 Å². The number of hydrogen-bond acceptors (Lipinski definition) is 2. The molecule has 3 nitrogen and oxygen atoms in total. The van der Waals surface area contributed by atoms with Crippen LogP contribution in [-0.2, 0) is 4.79 Å². The molecule has 136 valence electrons. The molecule has 1 N–H and O–H groups in total. The first kappa shape index (κ1) is 17.1. The fraction of sp³-hybridized carbons (Fsp3) is 0.409. The minimum Gasteiger partial charge on any atom is -0.372 e. The summed E-state index contributed by atoms with van der Waals surface area (Å²) in [6.45, 7) is 2.24. The summed E-state index contributed by atoms with van der Waals surface area (Å²) in [6, 6.07) is 14.7. The van der Waals surface area contributed by atoms with Crippen LogP contribution in [0.25, 0.3) is 0 Å². The predicted octanol–water partition coefficient (Wildman–Crippen LogP) is 4.95. The number of amides is 1. The van der Waals surface area contributed by atoms with E-state index in [1.54, 1.807) is 12.1 Å². The van der Waals surface area contributed by atoms with E-state index in [1.807, 2.05) is 12.1 Å². The first-order valence-electron chi connectivity index (χ1n) is 9.62. The summed E-state index contributed by atoms with van der Waals surface area (Å²) in [5.41, 5.74) is 3.13. The third-order valence-electron chi connectivity index (χ3n) is 5.53. The molecule has 2 fully saturated rings. The Hall–Kier alpha value is -2.36. The van der Waals surface area contributed by atoms with Crippen molar-refractivity contribution >= 4 is 17.3 Å². The lowest BCUT2D eigenvalue weighted by Gasteiger charge is -2.22. The van der Waals surface area contributed by atoms with Gasteiger partial charge in [-0.15, -0.1) is 0 Å². The van der Waals surface area contributed by atoms with Gasteiger partial charge in [-0.25, -0.2) is 4.39 Å². The minimum absolute atomic E-state index is 0.00857. The van der Waals surface area contributed by atoms with Crippen molar-refractivity contribution in [2.45, 2.75) is 38.0 Å². The van der Waals surface area contributed by atoms with Gasteiger partial charge in [0.1, 0.15) is 5.82 Å². The zero-order chi connectivity index (χ0) is 17.9. The monoisotopic (exact) mass is 352 g/mol. The first-order valence-corrected chi connectivity index (χ1v) is 9.62. The number of carbonyl (C=O) groups is 1. The van der Waals surface area contributed by atoms with E-state index < -0.39 is 0 Å². The molecule has 1 aliphatic carbocycles. The van der Waals surface area contributed by atoms with E-state index in [0.717, 1.165) is 30.8 Å². The highest BCUT2D eigenvalue weighted by Gasteiger charge is 2.43. The maximum atomic E-state index is 13.0. The van der Waals surface area contributed by atoms with Gasteiger partial charge in [-0.2, -0.15) is 0 Å². The quantitative estimate of drug-likeness (QED) is 0.844. The average Bonchev–Trinajstić information content (AvgIpc) is 3.47. The lowest BCUT2D eigenvalue weighted by atomic mass is 10.1. The molecular weight excluding hydrogens is 327 g/mol. The predicted molar refractivity (Wildman–Crippen MR) is 103 cm³/mol. The molecule has 2 unspecified atom stereocenters. The van der Waals surface area contributed by atoms with Gasteiger partial charge in [0.15, 0.2) is 0 Å². The van der Waals surface area contributed by atoms with E-state index in [0.29, 0.717) is 0 Å². The zero-order valence-corrected chi connectivity index (χ0v) is 15.0. The van der Waals surface area contributed by atoms with Gasteiger partial charge in [0.25, 0.3) is 0 Å². The van der Waals surface area contributed by atoms with Crippen LogP contribution in [-0.4, -0.2) is 19.0 Å². The number of rotatable bonds is 4. The van der Waals surface area contributed by atoms with Crippen LogP contribution in [0.4, 0.5) is 15.8 Å². The number of anilines is 2. The fourth-order valence-electron chi connectivity index (χ4n) is 3.88. The minimum atomic E-state index is -0.236. The largest absolute Gasteiger partial charge is 0.372 e. The van der Waals surface area contributed by atoms with Crippen molar-refractivity contribution in [3.63, 3.8) is 0 Å². The second kappa shape index (κ2) is 7.48. The summed E-state index contributed by atoms with van der Waals surface area (Å²) in [7, 11) is 0. The Kier molecular flexibility index (Phi) is 4.91. The lowest BCUT2D eigenvalue weighted by molar-refractivity contribution is -0.117. The average molecular weight is 352 g/mol. The molecule has 26 heavy (non-hydrogen) atoms. The molecule has 4 heteroatoms. The Morgan fingerprint density at radius 3 is 2.23 bits per heavy atom. The zero-order valence-electron chi connectivity index (χ0n) is 15.0. The van der Waals surface area contributed by atoms with Crippen LogP contribution in [0, 0.1) is 11.7 Å². The van der Waals surface area contributed by atoms with Crippen LogP contribution >= 0.6 is 0 Å². The van der Waals surface area contributed by atoms with Crippen molar-refractivity contribution in [1.29, 1.82) is 0 Å². The van der Waals surface area contributed by atoms with E-state index in [2.05, 4.69) is 22.3 Å². The third kappa shape index (κ3) is 3.90. The van der Waals surface area contributed by atoms with Gasteiger partial charge in [-0.05, 0) is 67.1 Å². The van der Waals surface area contributed by atoms with Crippen molar-refractivity contribution < 1.29 is 9.18 Å². The highest BCUT2D eigenvalue weighted by Crippen LogP contribution is 2.48. The summed E-state index contributed by atoms with van der Waals surface area (Å²) >= 11 is 0. The van der Waals surface area contributed by atoms with Crippen LogP contribution in [0.5, 0.6) is 0 Å². The SMILES string of the molecule is O=C(Nc1ccc(N2CCCCCC2)cc1)C1CC1c1ccc(F)cc1. The Morgan fingerprint density at radius 1 is 0.923 bits per heavy atom. The summed E-state index contributed by atoms with van der Waals surface area (Å²) < 4.78 is 13.0. The molecule has 1 saturated carbocycles. The van der Waals surface area contributed by atoms with Crippen LogP contribution < -0.4 is 10.2 Å². The van der Waals surface area contributed by atoms with Crippen molar-refractivity contribution in [2.24, 2.45) is 5.92 Å². The first-order chi connectivity index (χ1) is 12.7. The number of nitrogens with zero attached hydrogens (tertiary/aromatic N) is 1. The molecule has 2 atom stereocenters. The Balaban J connectivity index is 1.34. The lowest BCUT2D eigenvalue weighted by Crippen LogP contribution is -2.23. The Labute approximate surface area is 154 Å². The molecule has 0 radical (unpaired) electrons.